The Labute approximate surface area is 94.7 Å². The van der Waals surface area contributed by atoms with Gasteiger partial charge in [0.05, 0.1) is 12.0 Å². The van der Waals surface area contributed by atoms with Crippen molar-refractivity contribution in [1.82, 2.24) is 9.55 Å². The van der Waals surface area contributed by atoms with Gasteiger partial charge in [0.1, 0.15) is 5.75 Å². The van der Waals surface area contributed by atoms with E-state index in [4.69, 9.17) is 0 Å². The van der Waals surface area contributed by atoms with Crippen molar-refractivity contribution < 1.29 is 5.11 Å². The summed E-state index contributed by atoms with van der Waals surface area (Å²) in [7, 11) is 0. The van der Waals surface area contributed by atoms with Gasteiger partial charge in [-0.15, -0.1) is 0 Å². The van der Waals surface area contributed by atoms with Gasteiger partial charge in [-0.3, -0.25) is 0 Å². The summed E-state index contributed by atoms with van der Waals surface area (Å²) in [5.41, 5.74) is 2.91. The van der Waals surface area contributed by atoms with E-state index in [9.17, 15) is 5.11 Å². The van der Waals surface area contributed by atoms with Crippen LogP contribution in [0.3, 0.4) is 0 Å². The summed E-state index contributed by atoms with van der Waals surface area (Å²) < 4.78 is 1.91. The van der Waals surface area contributed by atoms with Crippen LogP contribution < -0.4 is 0 Å². The Morgan fingerprint density at radius 1 is 1.25 bits per heavy atom. The van der Waals surface area contributed by atoms with Crippen LogP contribution in [0.4, 0.5) is 0 Å². The Bertz CT molecular complexity index is 508. The van der Waals surface area contributed by atoms with Crippen LogP contribution in [0.5, 0.6) is 5.75 Å². The van der Waals surface area contributed by atoms with Gasteiger partial charge >= 0.3 is 0 Å². The average Bonchev–Trinajstić information content (AvgIpc) is 2.74. The van der Waals surface area contributed by atoms with Crippen molar-refractivity contribution in [1.29, 1.82) is 0 Å². The zero-order valence-electron chi connectivity index (χ0n) is 9.38. The second-order valence-electron chi connectivity index (χ2n) is 3.84. The van der Waals surface area contributed by atoms with Gasteiger partial charge in [0, 0.05) is 18.0 Å². The SMILES string of the molecule is CC(C)=C(c1ccccc1O)n1ccnc1. The molecule has 0 atom stereocenters. The van der Waals surface area contributed by atoms with Crippen LogP contribution in [-0.2, 0) is 0 Å². The van der Waals surface area contributed by atoms with Crippen molar-refractivity contribution in [2.24, 2.45) is 0 Å². The first-order valence-corrected chi connectivity index (χ1v) is 5.14. The Balaban J connectivity index is 2.60. The molecular formula is C13H14N2O. The number of hydrogen-bond donors (Lipinski definition) is 1. The molecule has 0 saturated heterocycles. The van der Waals surface area contributed by atoms with E-state index >= 15 is 0 Å². The van der Waals surface area contributed by atoms with Crippen LogP contribution >= 0.6 is 0 Å². The van der Waals surface area contributed by atoms with E-state index < -0.39 is 0 Å². The van der Waals surface area contributed by atoms with E-state index in [-0.39, 0.29) is 5.75 Å². The summed E-state index contributed by atoms with van der Waals surface area (Å²) in [6.07, 6.45) is 5.33. The molecule has 1 N–H and O–H groups in total. The lowest BCUT2D eigenvalue weighted by molar-refractivity contribution is 0.473. The molecule has 0 bridgehead atoms. The maximum atomic E-state index is 9.86. The van der Waals surface area contributed by atoms with Crippen molar-refractivity contribution in [2.45, 2.75) is 13.8 Å². The minimum Gasteiger partial charge on any atom is -0.507 e. The molecule has 0 radical (unpaired) electrons. The quantitative estimate of drug-likeness (QED) is 0.834. The average molecular weight is 214 g/mol. The highest BCUT2D eigenvalue weighted by Crippen LogP contribution is 2.28. The molecule has 0 aliphatic heterocycles. The van der Waals surface area contributed by atoms with Gasteiger partial charge in [0.15, 0.2) is 0 Å². The number of hydrogen-bond acceptors (Lipinski definition) is 2. The van der Waals surface area contributed by atoms with Crippen molar-refractivity contribution in [2.75, 3.05) is 0 Å². The fraction of sp³-hybridized carbons (Fsp3) is 0.154. The Morgan fingerprint density at radius 2 is 2.00 bits per heavy atom. The van der Waals surface area contributed by atoms with Crippen LogP contribution in [0.2, 0.25) is 0 Å². The first-order valence-electron chi connectivity index (χ1n) is 5.14. The highest BCUT2D eigenvalue weighted by atomic mass is 16.3. The highest BCUT2D eigenvalue weighted by molar-refractivity contribution is 5.72. The molecule has 1 heterocycles. The number of allylic oxidation sites excluding steroid dienone is 1. The van der Waals surface area contributed by atoms with Gasteiger partial charge in [-0.2, -0.15) is 0 Å². The summed E-state index contributed by atoms with van der Waals surface area (Å²) in [5, 5.41) is 9.86. The Kier molecular flexibility index (Phi) is 2.77. The van der Waals surface area contributed by atoms with Gasteiger partial charge in [-0.05, 0) is 26.0 Å². The standard InChI is InChI=1S/C13H14N2O/c1-10(2)13(15-8-7-14-9-15)11-5-3-4-6-12(11)16/h3-9,16H,1-2H3. The Morgan fingerprint density at radius 3 is 2.56 bits per heavy atom. The molecule has 0 aliphatic carbocycles. The molecule has 0 unspecified atom stereocenters. The summed E-state index contributed by atoms with van der Waals surface area (Å²) in [5.74, 6) is 0.285. The molecule has 1 aromatic carbocycles. The lowest BCUT2D eigenvalue weighted by Crippen LogP contribution is -1.98. The molecule has 82 valence electrons. The van der Waals surface area contributed by atoms with Crippen LogP contribution in [0.1, 0.15) is 19.4 Å². The minimum absolute atomic E-state index is 0.285. The maximum Gasteiger partial charge on any atom is 0.124 e. The molecule has 3 heteroatoms. The molecular weight excluding hydrogens is 200 g/mol. The molecule has 0 spiro atoms. The molecule has 3 nitrogen and oxygen atoms in total. The number of imidazole rings is 1. The third-order valence-electron chi connectivity index (χ3n) is 2.40. The molecule has 0 amide bonds. The summed E-state index contributed by atoms with van der Waals surface area (Å²) in [6, 6.07) is 7.32. The van der Waals surface area contributed by atoms with Gasteiger partial charge in [-0.1, -0.05) is 17.7 Å². The smallest absolute Gasteiger partial charge is 0.124 e. The van der Waals surface area contributed by atoms with Gasteiger partial charge < -0.3 is 9.67 Å². The summed E-state index contributed by atoms with van der Waals surface area (Å²) in [4.78, 5) is 4.03. The monoisotopic (exact) mass is 214 g/mol. The normalized spacial score (nSPS) is 10.1. The fourth-order valence-electron chi connectivity index (χ4n) is 1.73. The van der Waals surface area contributed by atoms with E-state index in [1.165, 1.54) is 0 Å². The first-order chi connectivity index (χ1) is 7.70. The van der Waals surface area contributed by atoms with Crippen LogP contribution in [0.25, 0.3) is 5.70 Å². The molecule has 0 fully saturated rings. The number of rotatable bonds is 2. The predicted molar refractivity (Wildman–Crippen MR) is 64.0 cm³/mol. The fourth-order valence-corrected chi connectivity index (χ4v) is 1.73. The molecule has 16 heavy (non-hydrogen) atoms. The van der Waals surface area contributed by atoms with Crippen molar-refractivity contribution >= 4 is 5.70 Å². The van der Waals surface area contributed by atoms with Crippen LogP contribution in [0, 0.1) is 0 Å². The zero-order chi connectivity index (χ0) is 11.5. The van der Waals surface area contributed by atoms with E-state index in [0.717, 1.165) is 16.8 Å². The van der Waals surface area contributed by atoms with E-state index in [1.807, 2.05) is 42.8 Å². The third kappa shape index (κ3) is 1.84. The number of phenolic OH excluding ortho intramolecular Hbond substituents is 1. The molecule has 0 aliphatic rings. The van der Waals surface area contributed by atoms with Gasteiger partial charge in [0.2, 0.25) is 0 Å². The van der Waals surface area contributed by atoms with Crippen LogP contribution in [0.15, 0.2) is 48.6 Å². The topological polar surface area (TPSA) is 38.0 Å². The van der Waals surface area contributed by atoms with Crippen LogP contribution in [-0.4, -0.2) is 14.7 Å². The molecule has 2 rings (SSSR count). The second kappa shape index (κ2) is 4.23. The van der Waals surface area contributed by atoms with Gasteiger partial charge in [-0.25, -0.2) is 4.98 Å². The van der Waals surface area contributed by atoms with Crippen molar-refractivity contribution in [3.63, 3.8) is 0 Å². The van der Waals surface area contributed by atoms with E-state index in [2.05, 4.69) is 4.98 Å². The number of phenols is 1. The second-order valence-corrected chi connectivity index (χ2v) is 3.84. The lowest BCUT2D eigenvalue weighted by Gasteiger charge is -2.12. The number of aromatic hydroxyl groups is 1. The third-order valence-corrected chi connectivity index (χ3v) is 2.40. The molecule has 2 aromatic rings. The highest BCUT2D eigenvalue weighted by Gasteiger charge is 2.09. The van der Waals surface area contributed by atoms with Gasteiger partial charge in [0.25, 0.3) is 0 Å². The maximum absolute atomic E-state index is 9.86. The number of nitrogens with zero attached hydrogens (tertiary/aromatic N) is 2. The molecule has 0 saturated carbocycles. The number of para-hydroxylation sites is 1. The molecule has 1 aromatic heterocycles. The number of benzene rings is 1. The largest absolute Gasteiger partial charge is 0.507 e. The van der Waals surface area contributed by atoms with E-state index in [0.29, 0.717) is 0 Å². The first kappa shape index (κ1) is 10.5. The zero-order valence-corrected chi connectivity index (χ0v) is 9.38. The summed E-state index contributed by atoms with van der Waals surface area (Å²) >= 11 is 0. The minimum atomic E-state index is 0.285. The lowest BCUT2D eigenvalue weighted by atomic mass is 10.1. The number of aromatic nitrogens is 2. The van der Waals surface area contributed by atoms with Crippen molar-refractivity contribution in [3.05, 3.63) is 54.1 Å². The summed E-state index contributed by atoms with van der Waals surface area (Å²) in [6.45, 7) is 4.03. The predicted octanol–water partition coefficient (Wildman–Crippen LogP) is 2.89. The van der Waals surface area contributed by atoms with Crippen molar-refractivity contribution in [3.8, 4) is 5.75 Å². The van der Waals surface area contributed by atoms with E-state index in [1.54, 1.807) is 18.6 Å². The Hall–Kier alpha value is -2.03.